The molecule has 1 aromatic heterocycles. The van der Waals surface area contributed by atoms with Gasteiger partial charge in [-0.2, -0.15) is 0 Å². The van der Waals surface area contributed by atoms with Crippen LogP contribution in [-0.4, -0.2) is 30.0 Å². The van der Waals surface area contributed by atoms with E-state index in [1.165, 1.54) is 0 Å². The van der Waals surface area contributed by atoms with Crippen molar-refractivity contribution in [1.29, 1.82) is 0 Å². The Kier molecular flexibility index (Phi) is 3.21. The number of aryl methyl sites for hydroxylation is 1. The largest absolute Gasteiger partial charge is 0.496 e. The molecule has 0 aliphatic carbocycles. The van der Waals surface area contributed by atoms with Crippen LogP contribution in [0.2, 0.25) is 0 Å². The normalized spacial score (nSPS) is 22.8. The Morgan fingerprint density at radius 1 is 1.17 bits per heavy atom. The van der Waals surface area contributed by atoms with Crippen molar-refractivity contribution in [3.8, 4) is 11.5 Å². The molecule has 3 aromatic carbocycles. The summed E-state index contributed by atoms with van der Waals surface area (Å²) in [6.45, 7) is 2.78. The van der Waals surface area contributed by atoms with Crippen LogP contribution in [0.25, 0.3) is 32.6 Å². The number of nitrogens with zero attached hydrogens (tertiary/aromatic N) is 1. The summed E-state index contributed by atoms with van der Waals surface area (Å²) in [6.07, 6.45) is 0.675. The van der Waals surface area contributed by atoms with Crippen LogP contribution in [0.1, 0.15) is 12.5 Å². The van der Waals surface area contributed by atoms with Crippen LogP contribution in [-0.2, 0) is 18.2 Å². The molecule has 0 spiro atoms. The monoisotopic (exact) mass is 387 g/mol. The Bertz CT molecular complexity index is 1400. The van der Waals surface area contributed by atoms with Crippen molar-refractivity contribution in [2.75, 3.05) is 13.7 Å². The minimum absolute atomic E-state index is 0.00385. The Morgan fingerprint density at radius 3 is 2.59 bits per heavy atom. The Labute approximate surface area is 167 Å². The minimum atomic E-state index is -0.246. The van der Waals surface area contributed by atoms with Crippen molar-refractivity contribution in [1.82, 2.24) is 4.57 Å². The van der Waals surface area contributed by atoms with Crippen LogP contribution >= 0.6 is 0 Å². The second-order valence-corrected chi connectivity index (χ2v) is 8.30. The summed E-state index contributed by atoms with van der Waals surface area (Å²) in [6, 6.07) is 14.1. The van der Waals surface area contributed by atoms with E-state index in [4.69, 9.17) is 14.2 Å². The third-order valence-corrected chi connectivity index (χ3v) is 6.52. The maximum atomic E-state index is 13.6. The molecule has 146 valence electrons. The van der Waals surface area contributed by atoms with E-state index in [2.05, 4.69) is 23.6 Å². The van der Waals surface area contributed by atoms with Crippen molar-refractivity contribution in [3.05, 3.63) is 58.3 Å². The van der Waals surface area contributed by atoms with E-state index in [1.54, 1.807) is 7.11 Å². The zero-order chi connectivity index (χ0) is 19.9. The highest BCUT2D eigenvalue weighted by molar-refractivity contribution is 6.04. The topological polar surface area (TPSA) is 53.0 Å². The number of fused-ring (bicyclic) bond motifs is 5. The van der Waals surface area contributed by atoms with Crippen molar-refractivity contribution in [2.45, 2.75) is 25.0 Å². The molecule has 1 saturated heterocycles. The summed E-state index contributed by atoms with van der Waals surface area (Å²) in [5, 5.41) is 3.48. The summed E-state index contributed by atoms with van der Waals surface area (Å²) in [7, 11) is 3.62. The molecule has 4 aromatic rings. The zero-order valence-electron chi connectivity index (χ0n) is 16.6. The molecule has 3 heterocycles. The summed E-state index contributed by atoms with van der Waals surface area (Å²) < 4.78 is 19.6. The Morgan fingerprint density at radius 2 is 1.90 bits per heavy atom. The van der Waals surface area contributed by atoms with Gasteiger partial charge in [-0.1, -0.05) is 24.3 Å². The van der Waals surface area contributed by atoms with Crippen molar-refractivity contribution in [3.63, 3.8) is 0 Å². The van der Waals surface area contributed by atoms with Gasteiger partial charge in [0.05, 0.1) is 30.1 Å². The van der Waals surface area contributed by atoms with Gasteiger partial charge in [0, 0.05) is 30.5 Å². The van der Waals surface area contributed by atoms with Gasteiger partial charge in [0.25, 0.3) is 0 Å². The first kappa shape index (κ1) is 16.9. The number of benzene rings is 3. The lowest BCUT2D eigenvalue weighted by molar-refractivity contribution is 0.127. The molecule has 5 heteroatoms. The molecule has 0 radical (unpaired) electrons. The molecule has 0 saturated carbocycles. The molecule has 2 aliphatic rings. The molecule has 1 fully saturated rings. The van der Waals surface area contributed by atoms with E-state index < -0.39 is 0 Å². The quantitative estimate of drug-likeness (QED) is 0.386. The Hall–Kier alpha value is -3.05. The highest BCUT2D eigenvalue weighted by atomic mass is 16.6. The maximum Gasteiger partial charge on any atom is 0.201 e. The van der Waals surface area contributed by atoms with Gasteiger partial charge in [0.2, 0.25) is 5.43 Å². The van der Waals surface area contributed by atoms with Gasteiger partial charge in [0.15, 0.2) is 0 Å². The molecule has 5 nitrogen and oxygen atoms in total. The van der Waals surface area contributed by atoms with Crippen molar-refractivity contribution < 1.29 is 14.2 Å². The van der Waals surface area contributed by atoms with E-state index in [-0.39, 0.29) is 17.1 Å². The highest BCUT2D eigenvalue weighted by Gasteiger charge is 2.51. The molecule has 2 aliphatic heterocycles. The average molecular weight is 387 g/mol. The third kappa shape index (κ3) is 2.22. The van der Waals surface area contributed by atoms with E-state index in [9.17, 15) is 4.79 Å². The molecule has 0 N–H and O–H groups in total. The SMILES string of the molecule is COc1cc2c(c3c1c(=O)c1cc4ccccc4cc1n3C)C[C@H]([C@@]1(C)CO1)O2. The molecule has 0 bridgehead atoms. The first-order chi connectivity index (χ1) is 14.0. The number of pyridine rings is 1. The second kappa shape index (κ2) is 5.51. The third-order valence-electron chi connectivity index (χ3n) is 6.52. The average Bonchev–Trinajstić information content (AvgIpc) is 3.33. The van der Waals surface area contributed by atoms with Crippen molar-refractivity contribution >= 4 is 32.6 Å². The first-order valence-corrected chi connectivity index (χ1v) is 9.86. The van der Waals surface area contributed by atoms with Gasteiger partial charge in [0.1, 0.15) is 23.2 Å². The maximum absolute atomic E-state index is 13.6. The van der Waals surface area contributed by atoms with E-state index in [0.717, 1.165) is 39.5 Å². The predicted octanol–water partition coefficient (Wildman–Crippen LogP) is 3.95. The summed E-state index contributed by atoms with van der Waals surface area (Å²) >= 11 is 0. The molecule has 0 amide bonds. The smallest absolute Gasteiger partial charge is 0.201 e. The van der Waals surface area contributed by atoms with Gasteiger partial charge >= 0.3 is 0 Å². The number of hydrogen-bond donors (Lipinski definition) is 0. The number of epoxide rings is 1. The fourth-order valence-electron chi connectivity index (χ4n) is 4.68. The van der Waals surface area contributed by atoms with Crippen LogP contribution in [0.3, 0.4) is 0 Å². The number of rotatable bonds is 2. The van der Waals surface area contributed by atoms with Crippen molar-refractivity contribution in [2.24, 2.45) is 7.05 Å². The fraction of sp³-hybridized carbons (Fsp3) is 0.292. The number of ether oxygens (including phenoxy) is 3. The van der Waals surface area contributed by atoms with Crippen LogP contribution in [0.5, 0.6) is 11.5 Å². The zero-order valence-corrected chi connectivity index (χ0v) is 16.6. The highest BCUT2D eigenvalue weighted by Crippen LogP contribution is 2.45. The lowest BCUT2D eigenvalue weighted by atomic mass is 9.97. The van der Waals surface area contributed by atoms with Crippen LogP contribution < -0.4 is 14.9 Å². The van der Waals surface area contributed by atoms with E-state index >= 15 is 0 Å². The Balaban J connectivity index is 1.74. The molecule has 6 rings (SSSR count). The van der Waals surface area contributed by atoms with E-state index in [1.807, 2.05) is 37.4 Å². The van der Waals surface area contributed by atoms with E-state index in [0.29, 0.717) is 23.1 Å². The first-order valence-electron chi connectivity index (χ1n) is 9.86. The van der Waals surface area contributed by atoms with Crippen LogP contribution in [0.4, 0.5) is 0 Å². The lowest BCUT2D eigenvalue weighted by Gasteiger charge is -2.16. The standard InChI is InChI=1S/C24H21NO4/c1-24(12-28-24)20-10-16-18(29-20)11-19(27-3)21-22(16)25(2)17-9-14-7-5-4-6-13(14)8-15(17)23(21)26/h4-9,11,20H,10,12H2,1-3H3/t20-,24-/m1/s1. The number of methoxy groups -OCH3 is 1. The molecular weight excluding hydrogens is 366 g/mol. The number of hydrogen-bond acceptors (Lipinski definition) is 4. The fourth-order valence-corrected chi connectivity index (χ4v) is 4.68. The molecular formula is C24H21NO4. The summed E-state index contributed by atoms with van der Waals surface area (Å²) in [5.74, 6) is 1.34. The van der Waals surface area contributed by atoms with Crippen LogP contribution in [0, 0.1) is 0 Å². The summed E-state index contributed by atoms with van der Waals surface area (Å²) in [4.78, 5) is 13.6. The molecule has 2 atom stereocenters. The van der Waals surface area contributed by atoms with Gasteiger partial charge in [-0.25, -0.2) is 0 Å². The minimum Gasteiger partial charge on any atom is -0.496 e. The predicted molar refractivity (Wildman–Crippen MR) is 113 cm³/mol. The van der Waals surface area contributed by atoms with Gasteiger partial charge in [-0.15, -0.1) is 0 Å². The molecule has 29 heavy (non-hydrogen) atoms. The van der Waals surface area contributed by atoms with Gasteiger partial charge in [-0.05, 0) is 29.8 Å². The van der Waals surface area contributed by atoms with Gasteiger partial charge < -0.3 is 18.8 Å². The lowest BCUT2D eigenvalue weighted by Crippen LogP contribution is -2.30. The van der Waals surface area contributed by atoms with Crippen LogP contribution in [0.15, 0.2) is 47.3 Å². The number of aromatic nitrogens is 1. The van der Waals surface area contributed by atoms with Gasteiger partial charge in [-0.3, -0.25) is 4.79 Å². The second-order valence-electron chi connectivity index (χ2n) is 8.30. The molecule has 0 unspecified atom stereocenters. The summed E-state index contributed by atoms with van der Waals surface area (Å²) in [5.41, 5.74) is 2.60.